The molecule has 0 bridgehead atoms. The van der Waals surface area contributed by atoms with Crippen molar-refractivity contribution in [1.82, 2.24) is 9.97 Å². The second kappa shape index (κ2) is 6.69. The summed E-state index contributed by atoms with van der Waals surface area (Å²) in [7, 11) is 0. The van der Waals surface area contributed by atoms with Gasteiger partial charge in [0.15, 0.2) is 0 Å². The van der Waals surface area contributed by atoms with Crippen LogP contribution in [0.25, 0.3) is 0 Å². The first-order valence-corrected chi connectivity index (χ1v) is 6.30. The number of nitrogens with zero attached hydrogens (tertiary/aromatic N) is 2. The fourth-order valence-corrected chi connectivity index (χ4v) is 1.86. The van der Waals surface area contributed by atoms with E-state index in [9.17, 15) is 0 Å². The van der Waals surface area contributed by atoms with E-state index in [1.807, 2.05) is 13.8 Å². The summed E-state index contributed by atoms with van der Waals surface area (Å²) in [5.41, 5.74) is 1.89. The Hall–Kier alpha value is -0.830. The summed E-state index contributed by atoms with van der Waals surface area (Å²) in [6, 6.07) is 0. The Bertz CT molecular complexity index is 328. The maximum Gasteiger partial charge on any atom is 0.147 e. The lowest BCUT2D eigenvalue weighted by Gasteiger charge is -2.15. The molecule has 0 amide bonds. The van der Waals surface area contributed by atoms with E-state index in [0.29, 0.717) is 5.92 Å². The van der Waals surface area contributed by atoms with Gasteiger partial charge in [0.1, 0.15) is 5.82 Å². The Labute approximate surface area is 103 Å². The molecule has 1 heterocycles. The standard InChI is InChI=1S/C12H20ClN3/c1-4-11(5-6-13)8-15-12-10(3)14-7-9(2)16-12/h7,11H,4-6,8H2,1-3H3,(H,15,16). The van der Waals surface area contributed by atoms with E-state index < -0.39 is 0 Å². The largest absolute Gasteiger partial charge is 0.368 e. The summed E-state index contributed by atoms with van der Waals surface area (Å²) >= 11 is 5.76. The molecule has 0 fully saturated rings. The molecule has 0 saturated heterocycles. The summed E-state index contributed by atoms with van der Waals surface area (Å²) in [4.78, 5) is 8.71. The molecule has 16 heavy (non-hydrogen) atoms. The third-order valence-electron chi connectivity index (χ3n) is 2.73. The lowest BCUT2D eigenvalue weighted by molar-refractivity contribution is 0.521. The van der Waals surface area contributed by atoms with Crippen molar-refractivity contribution in [3.8, 4) is 0 Å². The number of nitrogens with one attached hydrogen (secondary N) is 1. The van der Waals surface area contributed by atoms with Gasteiger partial charge in [0.2, 0.25) is 0 Å². The highest BCUT2D eigenvalue weighted by atomic mass is 35.5. The summed E-state index contributed by atoms with van der Waals surface area (Å²) < 4.78 is 0. The van der Waals surface area contributed by atoms with Gasteiger partial charge in [-0.3, -0.25) is 4.98 Å². The lowest BCUT2D eigenvalue weighted by atomic mass is 10.0. The van der Waals surface area contributed by atoms with Gasteiger partial charge in [-0.05, 0) is 26.2 Å². The summed E-state index contributed by atoms with van der Waals surface area (Å²) in [6.07, 6.45) is 3.97. The Morgan fingerprint density at radius 3 is 2.81 bits per heavy atom. The van der Waals surface area contributed by atoms with Gasteiger partial charge < -0.3 is 5.32 Å². The highest BCUT2D eigenvalue weighted by Crippen LogP contribution is 2.13. The third kappa shape index (κ3) is 3.97. The molecule has 1 N–H and O–H groups in total. The van der Waals surface area contributed by atoms with Crippen molar-refractivity contribution >= 4 is 17.4 Å². The van der Waals surface area contributed by atoms with E-state index in [-0.39, 0.29) is 0 Å². The number of halogens is 1. The fraction of sp³-hybridized carbons (Fsp3) is 0.667. The van der Waals surface area contributed by atoms with Crippen LogP contribution in [0.2, 0.25) is 0 Å². The van der Waals surface area contributed by atoms with Gasteiger partial charge in [0, 0.05) is 18.6 Å². The zero-order valence-corrected chi connectivity index (χ0v) is 11.0. The second-order valence-electron chi connectivity index (χ2n) is 4.08. The maximum absolute atomic E-state index is 5.76. The zero-order chi connectivity index (χ0) is 12.0. The predicted octanol–water partition coefficient (Wildman–Crippen LogP) is 3.16. The Kier molecular flexibility index (Phi) is 5.53. The van der Waals surface area contributed by atoms with Crippen LogP contribution in [0.15, 0.2) is 6.20 Å². The number of hydrogen-bond acceptors (Lipinski definition) is 3. The average molecular weight is 242 g/mol. The molecule has 90 valence electrons. The quantitative estimate of drug-likeness (QED) is 0.778. The van der Waals surface area contributed by atoms with Crippen LogP contribution in [0.5, 0.6) is 0 Å². The fourth-order valence-electron chi connectivity index (χ4n) is 1.55. The topological polar surface area (TPSA) is 37.8 Å². The SMILES string of the molecule is CCC(CCCl)CNc1nc(C)cnc1C. The number of rotatable bonds is 6. The van der Waals surface area contributed by atoms with Crippen molar-refractivity contribution in [3.05, 3.63) is 17.6 Å². The molecule has 0 aliphatic heterocycles. The summed E-state index contributed by atoms with van der Waals surface area (Å²) in [5, 5.41) is 3.36. The maximum atomic E-state index is 5.76. The van der Waals surface area contributed by atoms with Gasteiger partial charge in [-0.1, -0.05) is 13.3 Å². The first-order chi connectivity index (χ1) is 7.67. The zero-order valence-electron chi connectivity index (χ0n) is 10.3. The molecule has 0 saturated carbocycles. The third-order valence-corrected chi connectivity index (χ3v) is 2.95. The second-order valence-corrected chi connectivity index (χ2v) is 4.46. The van der Waals surface area contributed by atoms with E-state index in [2.05, 4.69) is 22.2 Å². The minimum absolute atomic E-state index is 0.610. The molecule has 1 rings (SSSR count). The first kappa shape index (κ1) is 13.2. The summed E-state index contributed by atoms with van der Waals surface area (Å²) in [5.74, 6) is 2.23. The van der Waals surface area contributed by atoms with E-state index in [1.54, 1.807) is 6.20 Å². The lowest BCUT2D eigenvalue weighted by Crippen LogP contribution is -2.16. The molecule has 0 aromatic carbocycles. The van der Waals surface area contributed by atoms with Crippen molar-refractivity contribution in [2.45, 2.75) is 33.6 Å². The van der Waals surface area contributed by atoms with Crippen LogP contribution in [0.1, 0.15) is 31.2 Å². The number of aryl methyl sites for hydroxylation is 2. The van der Waals surface area contributed by atoms with Gasteiger partial charge in [-0.2, -0.15) is 0 Å². The molecular formula is C12H20ClN3. The van der Waals surface area contributed by atoms with Crippen molar-refractivity contribution in [1.29, 1.82) is 0 Å². The molecule has 0 radical (unpaired) electrons. The van der Waals surface area contributed by atoms with Crippen LogP contribution in [0, 0.1) is 19.8 Å². The van der Waals surface area contributed by atoms with Crippen molar-refractivity contribution in [3.63, 3.8) is 0 Å². The molecule has 1 atom stereocenters. The van der Waals surface area contributed by atoms with Crippen LogP contribution in [-0.2, 0) is 0 Å². The van der Waals surface area contributed by atoms with Crippen molar-refractivity contribution < 1.29 is 0 Å². The molecule has 0 aliphatic rings. The molecule has 4 heteroatoms. The number of aromatic nitrogens is 2. The van der Waals surface area contributed by atoms with Gasteiger partial charge in [-0.15, -0.1) is 11.6 Å². The van der Waals surface area contributed by atoms with Gasteiger partial charge in [-0.25, -0.2) is 4.98 Å². The van der Waals surface area contributed by atoms with Gasteiger partial charge in [0.05, 0.1) is 11.4 Å². The van der Waals surface area contributed by atoms with Gasteiger partial charge >= 0.3 is 0 Å². The van der Waals surface area contributed by atoms with E-state index in [1.165, 1.54) is 0 Å². The molecule has 1 aromatic heterocycles. The van der Waals surface area contributed by atoms with Crippen LogP contribution in [0.4, 0.5) is 5.82 Å². The minimum atomic E-state index is 0.610. The van der Waals surface area contributed by atoms with Crippen molar-refractivity contribution in [2.24, 2.45) is 5.92 Å². The first-order valence-electron chi connectivity index (χ1n) is 5.77. The highest BCUT2D eigenvalue weighted by Gasteiger charge is 2.07. The minimum Gasteiger partial charge on any atom is -0.368 e. The predicted molar refractivity (Wildman–Crippen MR) is 69.1 cm³/mol. The number of alkyl halides is 1. The molecule has 0 aliphatic carbocycles. The molecule has 1 aromatic rings. The molecule has 3 nitrogen and oxygen atoms in total. The normalized spacial score (nSPS) is 12.5. The monoisotopic (exact) mass is 241 g/mol. The molecule has 1 unspecified atom stereocenters. The van der Waals surface area contributed by atoms with E-state index in [0.717, 1.165) is 42.5 Å². The summed E-state index contributed by atoms with van der Waals surface area (Å²) in [6.45, 7) is 7.03. The van der Waals surface area contributed by atoms with Gasteiger partial charge in [0.25, 0.3) is 0 Å². The van der Waals surface area contributed by atoms with Crippen LogP contribution >= 0.6 is 11.6 Å². The van der Waals surface area contributed by atoms with Crippen LogP contribution in [-0.4, -0.2) is 22.4 Å². The Balaban J connectivity index is 2.55. The number of hydrogen-bond donors (Lipinski definition) is 1. The highest BCUT2D eigenvalue weighted by molar-refractivity contribution is 6.17. The molecule has 0 spiro atoms. The molecular weight excluding hydrogens is 222 g/mol. The Morgan fingerprint density at radius 1 is 1.44 bits per heavy atom. The van der Waals surface area contributed by atoms with Crippen LogP contribution in [0.3, 0.4) is 0 Å². The van der Waals surface area contributed by atoms with E-state index >= 15 is 0 Å². The average Bonchev–Trinajstić information content (AvgIpc) is 2.28. The smallest absolute Gasteiger partial charge is 0.147 e. The Morgan fingerprint density at radius 2 is 2.19 bits per heavy atom. The van der Waals surface area contributed by atoms with Crippen molar-refractivity contribution in [2.75, 3.05) is 17.7 Å². The number of anilines is 1. The van der Waals surface area contributed by atoms with Crippen LogP contribution < -0.4 is 5.32 Å². The van der Waals surface area contributed by atoms with E-state index in [4.69, 9.17) is 11.6 Å².